The quantitative estimate of drug-likeness (QED) is 0.805. The van der Waals surface area contributed by atoms with Gasteiger partial charge in [0.1, 0.15) is 5.15 Å². The Morgan fingerprint density at radius 3 is 2.80 bits per heavy atom. The van der Waals surface area contributed by atoms with Gasteiger partial charge in [-0.1, -0.05) is 29.3 Å². The van der Waals surface area contributed by atoms with Gasteiger partial charge in [0.2, 0.25) is 6.79 Å². The van der Waals surface area contributed by atoms with Crippen LogP contribution in [-0.2, 0) is 18.0 Å². The van der Waals surface area contributed by atoms with E-state index in [0.29, 0.717) is 23.4 Å². The molecule has 20 heavy (non-hydrogen) atoms. The van der Waals surface area contributed by atoms with E-state index in [9.17, 15) is 0 Å². The molecule has 6 heteroatoms. The van der Waals surface area contributed by atoms with Crippen molar-refractivity contribution in [3.8, 4) is 11.5 Å². The highest BCUT2D eigenvalue weighted by Crippen LogP contribution is 2.32. The van der Waals surface area contributed by atoms with Crippen molar-refractivity contribution >= 4 is 23.2 Å². The number of pyridine rings is 1. The number of ether oxygens (including phenoxy) is 3. The molecule has 0 amide bonds. The lowest BCUT2D eigenvalue weighted by atomic mass is 10.2. The lowest BCUT2D eigenvalue weighted by molar-refractivity contribution is 0.107. The van der Waals surface area contributed by atoms with Crippen LogP contribution in [0.15, 0.2) is 30.5 Å². The van der Waals surface area contributed by atoms with E-state index < -0.39 is 0 Å². The first-order chi connectivity index (χ1) is 9.72. The highest BCUT2D eigenvalue weighted by molar-refractivity contribution is 6.34. The van der Waals surface area contributed by atoms with E-state index in [1.807, 2.05) is 18.2 Å². The zero-order chi connectivity index (χ0) is 13.9. The molecule has 0 saturated heterocycles. The average Bonchev–Trinajstić information content (AvgIpc) is 2.89. The molecule has 1 aliphatic rings. The standard InChI is InChI=1S/C14H11Cl2NO3/c15-11-4-14(16)17-5-10(11)7-18-6-9-1-2-12-13(3-9)20-8-19-12/h1-5H,6-8H2. The van der Waals surface area contributed by atoms with Crippen LogP contribution < -0.4 is 9.47 Å². The zero-order valence-corrected chi connectivity index (χ0v) is 11.9. The SMILES string of the molecule is Clc1cc(Cl)c(COCc2ccc3c(c2)OCO3)cn1. The smallest absolute Gasteiger partial charge is 0.231 e. The van der Waals surface area contributed by atoms with Crippen LogP contribution in [0.2, 0.25) is 10.2 Å². The minimum absolute atomic E-state index is 0.270. The number of nitrogens with zero attached hydrogens (tertiary/aromatic N) is 1. The molecule has 0 N–H and O–H groups in total. The number of hydrogen-bond acceptors (Lipinski definition) is 4. The number of fused-ring (bicyclic) bond motifs is 1. The van der Waals surface area contributed by atoms with Crippen LogP contribution in [0.4, 0.5) is 0 Å². The fourth-order valence-corrected chi connectivity index (χ4v) is 2.27. The Balaban J connectivity index is 1.60. The van der Waals surface area contributed by atoms with Gasteiger partial charge >= 0.3 is 0 Å². The van der Waals surface area contributed by atoms with Gasteiger partial charge in [-0.25, -0.2) is 4.98 Å². The second-order valence-electron chi connectivity index (χ2n) is 4.28. The minimum atomic E-state index is 0.270. The van der Waals surface area contributed by atoms with Crippen LogP contribution in [0.3, 0.4) is 0 Å². The highest BCUT2D eigenvalue weighted by atomic mass is 35.5. The van der Waals surface area contributed by atoms with Crippen molar-refractivity contribution in [2.24, 2.45) is 0 Å². The fraction of sp³-hybridized carbons (Fsp3) is 0.214. The normalized spacial score (nSPS) is 12.7. The van der Waals surface area contributed by atoms with Crippen LogP contribution in [0.5, 0.6) is 11.5 Å². The third-order valence-electron chi connectivity index (χ3n) is 2.86. The van der Waals surface area contributed by atoms with Gasteiger partial charge in [0, 0.05) is 11.8 Å². The Labute approximate surface area is 126 Å². The van der Waals surface area contributed by atoms with Crippen molar-refractivity contribution < 1.29 is 14.2 Å². The van der Waals surface area contributed by atoms with E-state index in [1.54, 1.807) is 12.3 Å². The van der Waals surface area contributed by atoms with Crippen LogP contribution in [-0.4, -0.2) is 11.8 Å². The van der Waals surface area contributed by atoms with Gasteiger partial charge in [0.05, 0.1) is 18.2 Å². The molecule has 1 aliphatic heterocycles. The number of halogens is 2. The first-order valence-electron chi connectivity index (χ1n) is 5.98. The Hall–Kier alpha value is -1.49. The summed E-state index contributed by atoms with van der Waals surface area (Å²) in [4.78, 5) is 3.98. The first-order valence-corrected chi connectivity index (χ1v) is 6.74. The lowest BCUT2D eigenvalue weighted by Crippen LogP contribution is -1.96. The average molecular weight is 312 g/mol. The molecular formula is C14H11Cl2NO3. The molecule has 4 nitrogen and oxygen atoms in total. The second kappa shape index (κ2) is 5.87. The summed E-state index contributed by atoms with van der Waals surface area (Å²) in [6.45, 7) is 1.10. The molecule has 3 rings (SSSR count). The van der Waals surface area contributed by atoms with Gasteiger partial charge in [0.25, 0.3) is 0 Å². The maximum absolute atomic E-state index is 6.05. The maximum Gasteiger partial charge on any atom is 0.231 e. The van der Waals surface area contributed by atoms with Crippen LogP contribution in [0.25, 0.3) is 0 Å². The van der Waals surface area contributed by atoms with Gasteiger partial charge < -0.3 is 14.2 Å². The summed E-state index contributed by atoms with van der Waals surface area (Å²) in [7, 11) is 0. The summed E-state index contributed by atoms with van der Waals surface area (Å²) >= 11 is 11.8. The minimum Gasteiger partial charge on any atom is -0.454 e. The van der Waals surface area contributed by atoms with Crippen LogP contribution >= 0.6 is 23.2 Å². The highest BCUT2D eigenvalue weighted by Gasteiger charge is 2.13. The molecule has 0 spiro atoms. The van der Waals surface area contributed by atoms with Crippen molar-refractivity contribution in [1.29, 1.82) is 0 Å². The number of benzene rings is 1. The van der Waals surface area contributed by atoms with Crippen molar-refractivity contribution in [1.82, 2.24) is 4.98 Å². The third-order valence-corrected chi connectivity index (χ3v) is 3.42. The molecule has 1 aromatic carbocycles. The Morgan fingerprint density at radius 1 is 1.10 bits per heavy atom. The number of rotatable bonds is 4. The van der Waals surface area contributed by atoms with E-state index in [4.69, 9.17) is 37.4 Å². The molecule has 104 valence electrons. The summed E-state index contributed by atoms with van der Waals surface area (Å²) in [5, 5.41) is 0.921. The van der Waals surface area contributed by atoms with Crippen LogP contribution in [0, 0.1) is 0 Å². The van der Waals surface area contributed by atoms with E-state index in [1.165, 1.54) is 0 Å². The molecule has 0 unspecified atom stereocenters. The van der Waals surface area contributed by atoms with E-state index in [-0.39, 0.29) is 6.79 Å². The fourth-order valence-electron chi connectivity index (χ4n) is 1.85. The second-order valence-corrected chi connectivity index (χ2v) is 5.07. The van der Waals surface area contributed by atoms with Gasteiger partial charge in [-0.3, -0.25) is 0 Å². The van der Waals surface area contributed by atoms with Crippen molar-refractivity contribution in [2.45, 2.75) is 13.2 Å². The Kier molecular flexibility index (Phi) is 3.96. The molecule has 0 aliphatic carbocycles. The molecular weight excluding hydrogens is 301 g/mol. The summed E-state index contributed by atoms with van der Waals surface area (Å²) in [6, 6.07) is 7.32. The molecule has 2 aromatic rings. The topological polar surface area (TPSA) is 40.6 Å². The van der Waals surface area contributed by atoms with Crippen molar-refractivity contribution in [2.75, 3.05) is 6.79 Å². The lowest BCUT2D eigenvalue weighted by Gasteiger charge is -2.07. The van der Waals surface area contributed by atoms with Crippen molar-refractivity contribution in [3.63, 3.8) is 0 Å². The molecule has 1 aromatic heterocycles. The molecule has 2 heterocycles. The zero-order valence-electron chi connectivity index (χ0n) is 10.4. The van der Waals surface area contributed by atoms with Gasteiger partial charge in [-0.2, -0.15) is 0 Å². The molecule has 0 atom stereocenters. The van der Waals surface area contributed by atoms with Crippen molar-refractivity contribution in [3.05, 3.63) is 51.8 Å². The first kappa shape index (κ1) is 13.5. The predicted molar refractivity (Wildman–Crippen MR) is 75.3 cm³/mol. The van der Waals surface area contributed by atoms with E-state index in [0.717, 1.165) is 22.6 Å². The summed E-state index contributed by atoms with van der Waals surface area (Å²) in [5.41, 5.74) is 1.81. The van der Waals surface area contributed by atoms with Gasteiger partial charge in [0.15, 0.2) is 11.5 Å². The maximum atomic E-state index is 6.05. The summed E-state index contributed by atoms with van der Waals surface area (Å²) in [5.74, 6) is 1.51. The third kappa shape index (κ3) is 2.98. The predicted octanol–water partition coefficient (Wildman–Crippen LogP) is 3.83. The molecule has 0 radical (unpaired) electrons. The molecule has 0 saturated carbocycles. The largest absolute Gasteiger partial charge is 0.454 e. The summed E-state index contributed by atoms with van der Waals surface area (Å²) in [6.07, 6.45) is 1.62. The molecule has 0 fully saturated rings. The van der Waals surface area contributed by atoms with Gasteiger partial charge in [-0.05, 0) is 23.8 Å². The number of aromatic nitrogens is 1. The van der Waals surface area contributed by atoms with Gasteiger partial charge in [-0.15, -0.1) is 0 Å². The Morgan fingerprint density at radius 2 is 1.95 bits per heavy atom. The molecule has 0 bridgehead atoms. The summed E-state index contributed by atoms with van der Waals surface area (Å²) < 4.78 is 16.2. The monoisotopic (exact) mass is 311 g/mol. The van der Waals surface area contributed by atoms with Crippen LogP contribution in [0.1, 0.15) is 11.1 Å². The Bertz CT molecular complexity index is 634. The van der Waals surface area contributed by atoms with E-state index in [2.05, 4.69) is 4.98 Å². The van der Waals surface area contributed by atoms with E-state index >= 15 is 0 Å². The number of hydrogen-bond donors (Lipinski definition) is 0.